The van der Waals surface area contributed by atoms with E-state index >= 15 is 0 Å². The molecule has 2 N–H and O–H groups in total. The molecule has 1 rings (SSSR count). The van der Waals surface area contributed by atoms with E-state index in [0.29, 0.717) is 30.3 Å². The molecule has 0 aliphatic rings. The van der Waals surface area contributed by atoms with Crippen LogP contribution in [-0.2, 0) is 4.79 Å². The van der Waals surface area contributed by atoms with Gasteiger partial charge < -0.3 is 19.9 Å². The predicted molar refractivity (Wildman–Crippen MR) is 68.1 cm³/mol. The standard InChI is InChI=1S/C13H19NO4/c1-16-10-6-5-7-11(13(10)17-2)18-9-4-3-8-12(14)15/h5-7H,3-4,8-9H2,1-2H3,(H2,14,15). The molecule has 1 amide bonds. The van der Waals surface area contributed by atoms with Crippen LogP contribution < -0.4 is 19.9 Å². The lowest BCUT2D eigenvalue weighted by atomic mass is 10.2. The molecule has 0 aromatic heterocycles. The largest absolute Gasteiger partial charge is 0.493 e. The first kappa shape index (κ1) is 14.2. The maximum absolute atomic E-state index is 10.6. The molecule has 0 radical (unpaired) electrons. The van der Waals surface area contributed by atoms with Crippen molar-refractivity contribution in [1.82, 2.24) is 0 Å². The summed E-state index contributed by atoms with van der Waals surface area (Å²) in [6, 6.07) is 5.45. The number of primary amides is 1. The van der Waals surface area contributed by atoms with Gasteiger partial charge in [-0.05, 0) is 25.0 Å². The van der Waals surface area contributed by atoms with Gasteiger partial charge in [-0.25, -0.2) is 0 Å². The summed E-state index contributed by atoms with van der Waals surface area (Å²) in [7, 11) is 3.15. The van der Waals surface area contributed by atoms with Gasteiger partial charge in [-0.3, -0.25) is 4.79 Å². The van der Waals surface area contributed by atoms with Crippen molar-refractivity contribution in [2.24, 2.45) is 5.73 Å². The molecule has 5 nitrogen and oxygen atoms in total. The summed E-state index contributed by atoms with van der Waals surface area (Å²) in [5, 5.41) is 0. The van der Waals surface area contributed by atoms with Gasteiger partial charge in [-0.2, -0.15) is 0 Å². The monoisotopic (exact) mass is 253 g/mol. The van der Waals surface area contributed by atoms with Crippen molar-refractivity contribution >= 4 is 5.91 Å². The molecule has 0 unspecified atom stereocenters. The van der Waals surface area contributed by atoms with Crippen LogP contribution in [0.2, 0.25) is 0 Å². The first-order chi connectivity index (χ1) is 8.69. The van der Waals surface area contributed by atoms with Gasteiger partial charge >= 0.3 is 0 Å². The van der Waals surface area contributed by atoms with Crippen molar-refractivity contribution in [1.29, 1.82) is 0 Å². The van der Waals surface area contributed by atoms with Crippen LogP contribution in [0.15, 0.2) is 18.2 Å². The highest BCUT2D eigenvalue weighted by Crippen LogP contribution is 2.36. The van der Waals surface area contributed by atoms with Crippen molar-refractivity contribution in [2.45, 2.75) is 19.3 Å². The van der Waals surface area contributed by atoms with E-state index in [9.17, 15) is 4.79 Å². The van der Waals surface area contributed by atoms with Gasteiger partial charge in [0.05, 0.1) is 20.8 Å². The quantitative estimate of drug-likeness (QED) is 0.716. The molecule has 0 aliphatic carbocycles. The second-order valence-electron chi connectivity index (χ2n) is 3.76. The average molecular weight is 253 g/mol. The molecular weight excluding hydrogens is 234 g/mol. The fourth-order valence-corrected chi connectivity index (χ4v) is 1.55. The Morgan fingerprint density at radius 1 is 1.17 bits per heavy atom. The summed E-state index contributed by atoms with van der Waals surface area (Å²) in [4.78, 5) is 10.6. The van der Waals surface area contributed by atoms with Crippen molar-refractivity contribution in [3.05, 3.63) is 18.2 Å². The molecule has 0 atom stereocenters. The molecule has 0 bridgehead atoms. The predicted octanol–water partition coefficient (Wildman–Crippen LogP) is 1.74. The molecular formula is C13H19NO4. The van der Waals surface area contributed by atoms with Gasteiger partial charge in [0.1, 0.15) is 0 Å². The first-order valence-corrected chi connectivity index (χ1v) is 5.81. The minimum absolute atomic E-state index is 0.283. The summed E-state index contributed by atoms with van der Waals surface area (Å²) >= 11 is 0. The molecule has 100 valence electrons. The first-order valence-electron chi connectivity index (χ1n) is 5.81. The van der Waals surface area contributed by atoms with Crippen molar-refractivity contribution < 1.29 is 19.0 Å². The smallest absolute Gasteiger partial charge is 0.217 e. The summed E-state index contributed by atoms with van der Waals surface area (Å²) < 4.78 is 16.0. The van der Waals surface area contributed by atoms with Crippen LogP contribution in [0, 0.1) is 0 Å². The van der Waals surface area contributed by atoms with Gasteiger partial charge in [0.25, 0.3) is 0 Å². The van der Waals surface area contributed by atoms with Gasteiger partial charge in [0.15, 0.2) is 11.5 Å². The van der Waals surface area contributed by atoms with Crippen LogP contribution in [0.25, 0.3) is 0 Å². The van der Waals surface area contributed by atoms with Crippen LogP contribution in [0.3, 0.4) is 0 Å². The fraction of sp³-hybridized carbons (Fsp3) is 0.462. The maximum atomic E-state index is 10.6. The van der Waals surface area contributed by atoms with E-state index < -0.39 is 0 Å². The highest BCUT2D eigenvalue weighted by molar-refractivity contribution is 5.73. The van der Waals surface area contributed by atoms with Gasteiger partial charge in [-0.15, -0.1) is 0 Å². The molecule has 0 saturated carbocycles. The lowest BCUT2D eigenvalue weighted by molar-refractivity contribution is -0.118. The Balaban J connectivity index is 2.49. The third-order valence-electron chi connectivity index (χ3n) is 2.44. The van der Waals surface area contributed by atoms with Crippen LogP contribution in [0.1, 0.15) is 19.3 Å². The zero-order chi connectivity index (χ0) is 13.4. The van der Waals surface area contributed by atoms with E-state index in [-0.39, 0.29) is 5.91 Å². The van der Waals surface area contributed by atoms with E-state index in [2.05, 4.69) is 0 Å². The number of hydrogen-bond donors (Lipinski definition) is 1. The third kappa shape index (κ3) is 4.16. The Labute approximate surface area is 107 Å². The van der Waals surface area contributed by atoms with Crippen LogP contribution in [0.5, 0.6) is 17.2 Å². The van der Waals surface area contributed by atoms with Crippen molar-refractivity contribution in [3.8, 4) is 17.2 Å². The molecule has 0 aliphatic heterocycles. The second kappa shape index (κ2) is 7.42. The minimum Gasteiger partial charge on any atom is -0.493 e. The zero-order valence-electron chi connectivity index (χ0n) is 10.8. The summed E-state index contributed by atoms with van der Waals surface area (Å²) in [5.41, 5.74) is 5.05. The highest BCUT2D eigenvalue weighted by atomic mass is 16.5. The minimum atomic E-state index is -0.283. The lowest BCUT2D eigenvalue weighted by Gasteiger charge is -2.13. The molecule has 1 aromatic carbocycles. The van der Waals surface area contributed by atoms with E-state index in [0.717, 1.165) is 12.8 Å². The summed E-state index contributed by atoms with van der Waals surface area (Å²) in [5.74, 6) is 1.56. The Kier molecular flexibility index (Phi) is 5.84. The normalized spacial score (nSPS) is 9.89. The number of carbonyl (C=O) groups is 1. The number of hydrogen-bond acceptors (Lipinski definition) is 4. The number of carbonyl (C=O) groups excluding carboxylic acids is 1. The lowest BCUT2D eigenvalue weighted by Crippen LogP contribution is -2.10. The Hall–Kier alpha value is -1.91. The average Bonchev–Trinajstić information content (AvgIpc) is 2.37. The number of para-hydroxylation sites is 1. The molecule has 0 fully saturated rings. The maximum Gasteiger partial charge on any atom is 0.217 e. The molecule has 5 heteroatoms. The van der Waals surface area contributed by atoms with Crippen molar-refractivity contribution in [3.63, 3.8) is 0 Å². The molecule has 1 aromatic rings. The molecule has 0 saturated heterocycles. The second-order valence-corrected chi connectivity index (χ2v) is 3.76. The Morgan fingerprint density at radius 3 is 2.50 bits per heavy atom. The number of unbranched alkanes of at least 4 members (excludes halogenated alkanes) is 1. The third-order valence-corrected chi connectivity index (χ3v) is 2.44. The van der Waals surface area contributed by atoms with Crippen LogP contribution in [0.4, 0.5) is 0 Å². The van der Waals surface area contributed by atoms with E-state index in [1.54, 1.807) is 20.3 Å². The zero-order valence-corrected chi connectivity index (χ0v) is 10.8. The van der Waals surface area contributed by atoms with Crippen LogP contribution >= 0.6 is 0 Å². The number of rotatable bonds is 8. The van der Waals surface area contributed by atoms with Gasteiger partial charge in [0.2, 0.25) is 11.7 Å². The van der Waals surface area contributed by atoms with E-state index in [4.69, 9.17) is 19.9 Å². The van der Waals surface area contributed by atoms with E-state index in [1.807, 2.05) is 12.1 Å². The number of amides is 1. The summed E-state index contributed by atoms with van der Waals surface area (Å²) in [6.07, 6.45) is 1.88. The topological polar surface area (TPSA) is 70.8 Å². The van der Waals surface area contributed by atoms with Gasteiger partial charge in [0, 0.05) is 6.42 Å². The Morgan fingerprint density at radius 2 is 1.89 bits per heavy atom. The number of ether oxygens (including phenoxy) is 3. The molecule has 18 heavy (non-hydrogen) atoms. The highest BCUT2D eigenvalue weighted by Gasteiger charge is 2.10. The number of benzene rings is 1. The molecule has 0 heterocycles. The molecule has 0 spiro atoms. The Bertz CT molecular complexity index is 393. The number of methoxy groups -OCH3 is 2. The van der Waals surface area contributed by atoms with E-state index in [1.165, 1.54) is 0 Å². The van der Waals surface area contributed by atoms with Crippen molar-refractivity contribution in [2.75, 3.05) is 20.8 Å². The number of nitrogens with two attached hydrogens (primary N) is 1. The fourth-order valence-electron chi connectivity index (χ4n) is 1.55. The summed E-state index contributed by atoms with van der Waals surface area (Å²) in [6.45, 7) is 0.511. The SMILES string of the molecule is COc1cccc(OCCCCC(N)=O)c1OC. The van der Waals surface area contributed by atoms with Crippen LogP contribution in [-0.4, -0.2) is 26.7 Å². The van der Waals surface area contributed by atoms with Gasteiger partial charge in [-0.1, -0.05) is 6.07 Å².